The predicted octanol–water partition coefficient (Wildman–Crippen LogP) is 2.73. The van der Waals surface area contributed by atoms with E-state index in [1.165, 1.54) is 6.33 Å². The van der Waals surface area contributed by atoms with Gasteiger partial charge in [0, 0.05) is 30.8 Å². The number of rotatable bonds is 6. The molecule has 3 aromatic rings. The lowest BCUT2D eigenvalue weighted by Crippen LogP contribution is -2.11. The third-order valence-corrected chi connectivity index (χ3v) is 3.76. The van der Waals surface area contributed by atoms with Crippen LogP contribution in [0.1, 0.15) is 11.1 Å². The van der Waals surface area contributed by atoms with Crippen molar-refractivity contribution in [2.24, 2.45) is 0 Å². The minimum absolute atomic E-state index is 0.152. The number of nitrogens with zero attached hydrogens (tertiary/aromatic N) is 2. The normalized spacial score (nSPS) is 10.8. The Hall–Kier alpha value is -2.70. The molecule has 0 atom stereocenters. The zero-order valence-corrected chi connectivity index (χ0v) is 13.7. The van der Waals surface area contributed by atoms with Crippen LogP contribution in [0.4, 0.5) is 11.5 Å². The van der Waals surface area contributed by atoms with Crippen molar-refractivity contribution in [2.75, 3.05) is 19.0 Å². The molecular formula is C18H20N4O2. The molecule has 1 aromatic heterocycles. The molecule has 1 heterocycles. The maximum Gasteiger partial charge on any atom is 0.152 e. The molecule has 0 bridgehead atoms. The average Bonchev–Trinajstić information content (AvgIpc) is 2.58. The molecule has 3 N–H and O–H groups in total. The molecule has 124 valence electrons. The van der Waals surface area contributed by atoms with Crippen LogP contribution in [0.15, 0.2) is 42.7 Å². The minimum Gasteiger partial charge on any atom is -0.409 e. The van der Waals surface area contributed by atoms with Gasteiger partial charge in [-0.05, 0) is 42.7 Å². The maximum atomic E-state index is 8.98. The number of hydroxylamine groups is 1. The molecule has 24 heavy (non-hydrogen) atoms. The lowest BCUT2D eigenvalue weighted by atomic mass is 10.1. The van der Waals surface area contributed by atoms with E-state index in [9.17, 15) is 0 Å². The van der Waals surface area contributed by atoms with Gasteiger partial charge >= 0.3 is 0 Å². The highest BCUT2D eigenvalue weighted by atomic mass is 16.6. The molecule has 6 nitrogen and oxygen atoms in total. The largest absolute Gasteiger partial charge is 0.409 e. The van der Waals surface area contributed by atoms with Gasteiger partial charge in [-0.2, -0.15) is 5.48 Å². The first-order valence-electron chi connectivity index (χ1n) is 7.77. The topological polar surface area (TPSA) is 79.3 Å². The Balaban J connectivity index is 1.92. The summed E-state index contributed by atoms with van der Waals surface area (Å²) >= 11 is 0. The van der Waals surface area contributed by atoms with Crippen molar-refractivity contribution in [1.29, 1.82) is 0 Å². The SMILES string of the molecule is CNOc1cc2ncnc(Nc3ccc(CCO)cc3)c2cc1C. The summed E-state index contributed by atoms with van der Waals surface area (Å²) < 4.78 is 0. The quantitative estimate of drug-likeness (QED) is 0.605. The van der Waals surface area contributed by atoms with Gasteiger partial charge in [0.2, 0.25) is 0 Å². The molecule has 6 heteroatoms. The first kappa shape index (κ1) is 16.2. The van der Waals surface area contributed by atoms with Gasteiger partial charge in [0.1, 0.15) is 12.1 Å². The molecular weight excluding hydrogens is 304 g/mol. The maximum absolute atomic E-state index is 8.98. The monoisotopic (exact) mass is 324 g/mol. The van der Waals surface area contributed by atoms with Gasteiger partial charge < -0.3 is 15.3 Å². The van der Waals surface area contributed by atoms with Crippen LogP contribution in [-0.2, 0) is 6.42 Å². The Morgan fingerprint density at radius 2 is 1.92 bits per heavy atom. The Labute approximate surface area is 140 Å². The Kier molecular flexibility index (Phi) is 4.88. The third kappa shape index (κ3) is 3.45. The Morgan fingerprint density at radius 1 is 1.12 bits per heavy atom. The van der Waals surface area contributed by atoms with Gasteiger partial charge in [0.05, 0.1) is 5.52 Å². The summed E-state index contributed by atoms with van der Waals surface area (Å²) in [6.07, 6.45) is 2.19. The van der Waals surface area contributed by atoms with E-state index in [2.05, 4.69) is 20.8 Å². The second-order valence-electron chi connectivity index (χ2n) is 5.46. The molecule has 0 amide bonds. The molecule has 0 fully saturated rings. The Morgan fingerprint density at radius 3 is 2.62 bits per heavy atom. The fourth-order valence-electron chi connectivity index (χ4n) is 2.53. The van der Waals surface area contributed by atoms with Crippen LogP contribution < -0.4 is 15.6 Å². The van der Waals surface area contributed by atoms with Gasteiger partial charge in [-0.1, -0.05) is 12.1 Å². The van der Waals surface area contributed by atoms with E-state index in [0.29, 0.717) is 6.42 Å². The number of anilines is 2. The van der Waals surface area contributed by atoms with E-state index in [0.717, 1.165) is 39.3 Å². The number of hydrogen-bond acceptors (Lipinski definition) is 6. The van der Waals surface area contributed by atoms with E-state index in [1.54, 1.807) is 7.05 Å². The minimum atomic E-state index is 0.152. The zero-order chi connectivity index (χ0) is 16.9. The van der Waals surface area contributed by atoms with Gasteiger partial charge in [-0.15, -0.1) is 0 Å². The standard InChI is InChI=1S/C18H20N4O2/c1-12-9-15-16(10-17(12)24-19-2)20-11-21-18(15)22-14-5-3-13(4-6-14)7-8-23/h3-6,9-11,19,23H,7-8H2,1-2H3,(H,20,21,22). The van der Waals surface area contributed by atoms with Crippen molar-refractivity contribution in [3.63, 3.8) is 0 Å². The van der Waals surface area contributed by atoms with E-state index in [4.69, 9.17) is 9.94 Å². The van der Waals surface area contributed by atoms with Crippen molar-refractivity contribution in [3.8, 4) is 5.75 Å². The molecule has 3 rings (SSSR count). The molecule has 0 radical (unpaired) electrons. The summed E-state index contributed by atoms with van der Waals surface area (Å²) in [4.78, 5) is 14.1. The molecule has 0 aliphatic carbocycles. The number of fused-ring (bicyclic) bond motifs is 1. The first-order valence-corrected chi connectivity index (χ1v) is 7.77. The molecule has 0 spiro atoms. The van der Waals surface area contributed by atoms with Crippen LogP contribution in [-0.4, -0.2) is 28.7 Å². The van der Waals surface area contributed by atoms with Crippen LogP contribution in [0, 0.1) is 6.92 Å². The fourth-order valence-corrected chi connectivity index (χ4v) is 2.53. The van der Waals surface area contributed by atoms with Gasteiger partial charge in [-0.25, -0.2) is 9.97 Å². The molecule has 0 aliphatic heterocycles. The number of nitrogens with one attached hydrogen (secondary N) is 2. The van der Waals surface area contributed by atoms with E-state index >= 15 is 0 Å². The summed E-state index contributed by atoms with van der Waals surface area (Å²) in [5.41, 5.74) is 6.51. The number of benzene rings is 2. The second-order valence-corrected chi connectivity index (χ2v) is 5.46. The highest BCUT2D eigenvalue weighted by molar-refractivity contribution is 5.92. The predicted molar refractivity (Wildman–Crippen MR) is 94.5 cm³/mol. The molecule has 0 aliphatic rings. The van der Waals surface area contributed by atoms with Gasteiger partial charge in [0.25, 0.3) is 0 Å². The van der Waals surface area contributed by atoms with Crippen molar-refractivity contribution < 1.29 is 9.94 Å². The summed E-state index contributed by atoms with van der Waals surface area (Å²) in [7, 11) is 1.72. The van der Waals surface area contributed by atoms with Crippen molar-refractivity contribution >= 4 is 22.4 Å². The molecule has 0 saturated carbocycles. The lowest BCUT2D eigenvalue weighted by Gasteiger charge is -2.12. The summed E-state index contributed by atoms with van der Waals surface area (Å²) in [5, 5.41) is 13.2. The van der Waals surface area contributed by atoms with Crippen LogP contribution in [0.2, 0.25) is 0 Å². The number of aryl methyl sites for hydroxylation is 1. The average molecular weight is 324 g/mol. The molecule has 2 aromatic carbocycles. The lowest BCUT2D eigenvalue weighted by molar-refractivity contribution is 0.222. The number of hydrogen-bond donors (Lipinski definition) is 3. The van der Waals surface area contributed by atoms with Gasteiger partial charge in [-0.3, -0.25) is 0 Å². The number of aromatic nitrogens is 2. The fraction of sp³-hybridized carbons (Fsp3) is 0.222. The summed E-state index contributed by atoms with van der Waals surface area (Å²) in [6.45, 7) is 2.13. The summed E-state index contributed by atoms with van der Waals surface area (Å²) in [5.74, 6) is 1.48. The zero-order valence-electron chi connectivity index (χ0n) is 13.7. The van der Waals surface area contributed by atoms with Gasteiger partial charge in [0.15, 0.2) is 5.75 Å². The van der Waals surface area contributed by atoms with Crippen LogP contribution >= 0.6 is 0 Å². The molecule has 0 saturated heterocycles. The highest BCUT2D eigenvalue weighted by Crippen LogP contribution is 2.29. The smallest absolute Gasteiger partial charge is 0.152 e. The van der Waals surface area contributed by atoms with Crippen molar-refractivity contribution in [1.82, 2.24) is 15.4 Å². The van der Waals surface area contributed by atoms with Crippen LogP contribution in [0.5, 0.6) is 5.75 Å². The van der Waals surface area contributed by atoms with E-state index < -0.39 is 0 Å². The van der Waals surface area contributed by atoms with Crippen molar-refractivity contribution in [3.05, 3.63) is 53.9 Å². The number of aliphatic hydroxyl groups excluding tert-OH is 1. The van der Waals surface area contributed by atoms with Crippen LogP contribution in [0.3, 0.4) is 0 Å². The molecule has 0 unspecified atom stereocenters. The van der Waals surface area contributed by atoms with E-state index in [1.807, 2.05) is 43.3 Å². The first-order chi connectivity index (χ1) is 11.7. The van der Waals surface area contributed by atoms with E-state index in [-0.39, 0.29) is 6.61 Å². The number of aliphatic hydroxyl groups is 1. The Bertz CT molecular complexity index is 834. The highest BCUT2D eigenvalue weighted by Gasteiger charge is 2.09. The summed E-state index contributed by atoms with van der Waals surface area (Å²) in [6, 6.07) is 11.8. The van der Waals surface area contributed by atoms with Crippen LogP contribution in [0.25, 0.3) is 10.9 Å². The second kappa shape index (κ2) is 7.25. The third-order valence-electron chi connectivity index (χ3n) is 3.76. The van der Waals surface area contributed by atoms with Crippen molar-refractivity contribution in [2.45, 2.75) is 13.3 Å².